The number of rotatable bonds is 9. The molecule has 0 aliphatic rings. The van der Waals surface area contributed by atoms with Gasteiger partial charge in [0.1, 0.15) is 12.4 Å². The quantitative estimate of drug-likeness (QED) is 0.469. The molecule has 0 saturated heterocycles. The van der Waals surface area contributed by atoms with Crippen molar-refractivity contribution >= 4 is 0 Å². The van der Waals surface area contributed by atoms with Crippen LogP contribution in [0.25, 0.3) is 0 Å². The summed E-state index contributed by atoms with van der Waals surface area (Å²) in [5.74, 6) is 0.771. The molecule has 0 amide bonds. The Hall–Kier alpha value is -1.36. The first-order chi connectivity index (χ1) is 9.13. The van der Waals surface area contributed by atoms with Crippen LogP contribution in [-0.2, 0) is 0 Å². The van der Waals surface area contributed by atoms with Gasteiger partial charge in [-0.15, -0.1) is 0 Å². The third-order valence-electron chi connectivity index (χ3n) is 2.60. The maximum atomic E-state index is 9.95. The van der Waals surface area contributed by atoms with E-state index in [2.05, 4.69) is 11.9 Å². The van der Waals surface area contributed by atoms with Gasteiger partial charge in [-0.2, -0.15) is 0 Å². The first kappa shape index (κ1) is 15.7. The van der Waals surface area contributed by atoms with Crippen molar-refractivity contribution in [2.45, 2.75) is 19.4 Å². The van der Waals surface area contributed by atoms with Crippen LogP contribution >= 0.6 is 0 Å². The maximum absolute atomic E-state index is 9.95. The third-order valence-corrected chi connectivity index (χ3v) is 2.60. The Bertz CT molecular complexity index is 375. The standard InChI is InChI=1S/C15H23NO3/c1-12(2)11-19-14-6-4-13(5-7-14)15(18)10-16-8-3-9-17/h4-7,15-18H,1,3,8-11H2,2H3. The van der Waals surface area contributed by atoms with E-state index in [1.807, 2.05) is 31.2 Å². The molecule has 4 heteroatoms. The van der Waals surface area contributed by atoms with Crippen LogP contribution in [0, 0.1) is 0 Å². The van der Waals surface area contributed by atoms with Crippen molar-refractivity contribution < 1.29 is 14.9 Å². The zero-order valence-electron chi connectivity index (χ0n) is 11.4. The number of benzene rings is 1. The summed E-state index contributed by atoms with van der Waals surface area (Å²) in [6, 6.07) is 7.39. The van der Waals surface area contributed by atoms with Gasteiger partial charge in [0.25, 0.3) is 0 Å². The van der Waals surface area contributed by atoms with Gasteiger partial charge in [-0.05, 0) is 43.2 Å². The van der Waals surface area contributed by atoms with Gasteiger partial charge in [0.15, 0.2) is 0 Å². The van der Waals surface area contributed by atoms with Crippen molar-refractivity contribution in [1.82, 2.24) is 5.32 Å². The van der Waals surface area contributed by atoms with Crippen LogP contribution in [0.4, 0.5) is 0 Å². The summed E-state index contributed by atoms with van der Waals surface area (Å²) in [6.45, 7) is 7.54. The van der Waals surface area contributed by atoms with E-state index in [1.165, 1.54) is 0 Å². The summed E-state index contributed by atoms with van der Waals surface area (Å²) in [5.41, 5.74) is 1.82. The smallest absolute Gasteiger partial charge is 0.119 e. The molecule has 1 rings (SSSR count). The maximum Gasteiger partial charge on any atom is 0.119 e. The van der Waals surface area contributed by atoms with Crippen molar-refractivity contribution in [1.29, 1.82) is 0 Å². The summed E-state index contributed by atoms with van der Waals surface area (Å²) in [4.78, 5) is 0. The summed E-state index contributed by atoms with van der Waals surface area (Å²) < 4.78 is 5.49. The molecule has 106 valence electrons. The van der Waals surface area contributed by atoms with Gasteiger partial charge >= 0.3 is 0 Å². The molecule has 0 aliphatic carbocycles. The minimum Gasteiger partial charge on any atom is -0.489 e. The largest absolute Gasteiger partial charge is 0.489 e. The number of hydrogen-bond donors (Lipinski definition) is 3. The Balaban J connectivity index is 2.39. The molecule has 1 atom stereocenters. The van der Waals surface area contributed by atoms with Crippen LogP contribution in [0.3, 0.4) is 0 Å². The van der Waals surface area contributed by atoms with Gasteiger partial charge in [-0.25, -0.2) is 0 Å². The lowest BCUT2D eigenvalue weighted by Gasteiger charge is -2.13. The van der Waals surface area contributed by atoms with Crippen LogP contribution in [0.15, 0.2) is 36.4 Å². The van der Waals surface area contributed by atoms with Crippen LogP contribution in [-0.4, -0.2) is 36.5 Å². The van der Waals surface area contributed by atoms with E-state index in [-0.39, 0.29) is 6.61 Å². The summed E-state index contributed by atoms with van der Waals surface area (Å²) >= 11 is 0. The second kappa shape index (κ2) is 8.69. The van der Waals surface area contributed by atoms with Crippen LogP contribution in [0.5, 0.6) is 5.75 Å². The number of aliphatic hydroxyl groups excluding tert-OH is 2. The Kier molecular flexibility index (Phi) is 7.18. The van der Waals surface area contributed by atoms with Gasteiger partial charge in [0.2, 0.25) is 0 Å². The molecule has 4 nitrogen and oxygen atoms in total. The molecule has 0 fully saturated rings. The molecule has 1 unspecified atom stereocenters. The third kappa shape index (κ3) is 6.38. The highest BCUT2D eigenvalue weighted by Crippen LogP contribution is 2.17. The lowest BCUT2D eigenvalue weighted by molar-refractivity contribution is 0.173. The van der Waals surface area contributed by atoms with E-state index in [0.29, 0.717) is 26.1 Å². The van der Waals surface area contributed by atoms with Gasteiger partial charge in [-0.3, -0.25) is 0 Å². The lowest BCUT2D eigenvalue weighted by atomic mass is 10.1. The van der Waals surface area contributed by atoms with Crippen molar-refractivity contribution in [3.63, 3.8) is 0 Å². The summed E-state index contributed by atoms with van der Waals surface area (Å²) in [5, 5.41) is 21.7. The molecule has 0 aliphatic heterocycles. The highest BCUT2D eigenvalue weighted by atomic mass is 16.5. The molecule has 1 aromatic rings. The zero-order valence-corrected chi connectivity index (χ0v) is 11.4. The van der Waals surface area contributed by atoms with E-state index in [1.54, 1.807) is 0 Å². The minimum absolute atomic E-state index is 0.165. The molecular formula is C15H23NO3. The SMILES string of the molecule is C=C(C)COc1ccc(C(O)CNCCCO)cc1. The fourth-order valence-electron chi connectivity index (χ4n) is 1.55. The molecule has 0 radical (unpaired) electrons. The molecular weight excluding hydrogens is 242 g/mol. The second-order valence-electron chi connectivity index (χ2n) is 4.61. The highest BCUT2D eigenvalue weighted by molar-refractivity contribution is 5.29. The monoisotopic (exact) mass is 265 g/mol. The molecule has 0 spiro atoms. The van der Waals surface area contributed by atoms with Crippen molar-refractivity contribution in [3.05, 3.63) is 42.0 Å². The van der Waals surface area contributed by atoms with Crippen molar-refractivity contribution in [3.8, 4) is 5.75 Å². The number of nitrogens with one attached hydrogen (secondary N) is 1. The van der Waals surface area contributed by atoms with E-state index < -0.39 is 6.10 Å². The molecule has 19 heavy (non-hydrogen) atoms. The van der Waals surface area contributed by atoms with Crippen LogP contribution in [0.1, 0.15) is 25.0 Å². The highest BCUT2D eigenvalue weighted by Gasteiger charge is 2.06. The Labute approximate surface area is 114 Å². The van der Waals surface area contributed by atoms with E-state index in [4.69, 9.17) is 9.84 Å². The Morgan fingerprint density at radius 1 is 1.37 bits per heavy atom. The molecule has 1 aromatic carbocycles. The molecule has 3 N–H and O–H groups in total. The Morgan fingerprint density at radius 2 is 2.05 bits per heavy atom. The van der Waals surface area contributed by atoms with Crippen molar-refractivity contribution in [2.75, 3.05) is 26.3 Å². The first-order valence-electron chi connectivity index (χ1n) is 6.50. The van der Waals surface area contributed by atoms with Gasteiger partial charge < -0.3 is 20.3 Å². The van der Waals surface area contributed by atoms with E-state index in [9.17, 15) is 5.11 Å². The fourth-order valence-corrected chi connectivity index (χ4v) is 1.55. The van der Waals surface area contributed by atoms with E-state index >= 15 is 0 Å². The molecule has 0 bridgehead atoms. The van der Waals surface area contributed by atoms with Crippen LogP contribution < -0.4 is 10.1 Å². The lowest BCUT2D eigenvalue weighted by Crippen LogP contribution is -2.23. The average molecular weight is 265 g/mol. The van der Waals surface area contributed by atoms with Gasteiger partial charge in [0, 0.05) is 13.2 Å². The zero-order chi connectivity index (χ0) is 14.1. The van der Waals surface area contributed by atoms with Crippen molar-refractivity contribution in [2.24, 2.45) is 0 Å². The molecule has 0 saturated carbocycles. The number of hydrogen-bond acceptors (Lipinski definition) is 4. The predicted molar refractivity (Wildman–Crippen MR) is 76.3 cm³/mol. The first-order valence-corrected chi connectivity index (χ1v) is 6.50. The normalized spacial score (nSPS) is 12.2. The fraction of sp³-hybridized carbons (Fsp3) is 0.467. The van der Waals surface area contributed by atoms with Crippen LogP contribution in [0.2, 0.25) is 0 Å². The number of ether oxygens (including phenoxy) is 1. The van der Waals surface area contributed by atoms with E-state index in [0.717, 1.165) is 16.9 Å². The number of aliphatic hydroxyl groups is 2. The predicted octanol–water partition coefficient (Wildman–Crippen LogP) is 1.65. The van der Waals surface area contributed by atoms with Gasteiger partial charge in [-0.1, -0.05) is 18.7 Å². The topological polar surface area (TPSA) is 61.7 Å². The second-order valence-corrected chi connectivity index (χ2v) is 4.61. The summed E-state index contributed by atoms with van der Waals surface area (Å²) in [7, 11) is 0. The molecule has 0 aromatic heterocycles. The average Bonchev–Trinajstić information content (AvgIpc) is 2.41. The van der Waals surface area contributed by atoms with Gasteiger partial charge in [0.05, 0.1) is 6.10 Å². The Morgan fingerprint density at radius 3 is 2.63 bits per heavy atom. The molecule has 0 heterocycles. The summed E-state index contributed by atoms with van der Waals surface area (Å²) in [6.07, 6.45) is 0.148. The minimum atomic E-state index is -0.547.